The minimum absolute atomic E-state index is 0.545. The first-order valence-corrected chi connectivity index (χ1v) is 11.4. The Morgan fingerprint density at radius 1 is 1.10 bits per heavy atom. The van der Waals surface area contributed by atoms with Gasteiger partial charge in [0.05, 0.1) is 6.04 Å². The van der Waals surface area contributed by atoms with E-state index in [0.717, 1.165) is 0 Å². The van der Waals surface area contributed by atoms with Crippen molar-refractivity contribution in [1.82, 2.24) is 0 Å². The van der Waals surface area contributed by atoms with Gasteiger partial charge in [0.15, 0.2) is 0 Å². The molecular weight excluding hydrogens is 260 g/mol. The Hall–Kier alpha value is -1.09. The van der Waals surface area contributed by atoms with Gasteiger partial charge in [-0.15, -0.1) is 0 Å². The van der Waals surface area contributed by atoms with Crippen LogP contribution >= 0.6 is 0 Å². The van der Waals surface area contributed by atoms with Crippen LogP contribution in [0.2, 0.25) is 19.6 Å². The van der Waals surface area contributed by atoms with E-state index in [0.29, 0.717) is 6.04 Å². The highest BCUT2D eigenvalue weighted by atomic mass is 28.3. The smallest absolute Gasteiger partial charge is 0.144 e. The highest BCUT2D eigenvalue weighted by molar-refractivity contribution is 6.79. The standard InChI is InChI=1S/C17H28N2Si/c1-14(18-15-10-6-5-7-11-15)16-12-8-9-13-17(16)19-20(2,3)4/h8-9,12-13,15,19H,5-7,10-11H2,1-4H3. The Morgan fingerprint density at radius 3 is 2.40 bits per heavy atom. The fourth-order valence-corrected chi connectivity index (χ4v) is 3.89. The van der Waals surface area contributed by atoms with E-state index in [2.05, 4.69) is 55.8 Å². The number of benzene rings is 1. The van der Waals surface area contributed by atoms with Gasteiger partial charge in [-0.1, -0.05) is 57.1 Å². The summed E-state index contributed by atoms with van der Waals surface area (Å²) in [6.45, 7) is 9.16. The molecule has 0 atom stereocenters. The number of anilines is 1. The largest absolute Gasteiger partial charge is 0.410 e. The number of nitrogens with zero attached hydrogens (tertiary/aromatic N) is 1. The van der Waals surface area contributed by atoms with E-state index in [1.54, 1.807) is 0 Å². The molecule has 0 aromatic heterocycles. The molecular formula is C17H28N2Si. The Morgan fingerprint density at radius 2 is 1.75 bits per heavy atom. The molecule has 0 radical (unpaired) electrons. The zero-order valence-electron chi connectivity index (χ0n) is 13.4. The van der Waals surface area contributed by atoms with Crippen LogP contribution in [0, 0.1) is 0 Å². The Kier molecular flexibility index (Phi) is 5.03. The number of rotatable bonds is 4. The average Bonchev–Trinajstić information content (AvgIpc) is 2.38. The molecule has 0 heterocycles. The molecule has 1 saturated carbocycles. The maximum absolute atomic E-state index is 4.99. The number of hydrogen-bond donors (Lipinski definition) is 1. The van der Waals surface area contributed by atoms with Gasteiger partial charge in [-0.2, -0.15) is 0 Å². The molecule has 0 bridgehead atoms. The van der Waals surface area contributed by atoms with Crippen molar-refractivity contribution in [2.45, 2.75) is 64.7 Å². The lowest BCUT2D eigenvalue weighted by Gasteiger charge is -2.23. The van der Waals surface area contributed by atoms with Crippen LogP contribution in [-0.2, 0) is 0 Å². The molecule has 3 heteroatoms. The first-order valence-electron chi connectivity index (χ1n) is 7.88. The van der Waals surface area contributed by atoms with Gasteiger partial charge in [-0.3, -0.25) is 4.99 Å². The van der Waals surface area contributed by atoms with Crippen molar-refractivity contribution in [3.63, 3.8) is 0 Å². The fourth-order valence-electron chi connectivity index (χ4n) is 2.87. The van der Waals surface area contributed by atoms with Gasteiger partial charge >= 0.3 is 0 Å². The molecule has 2 nitrogen and oxygen atoms in total. The predicted octanol–water partition coefficient (Wildman–Crippen LogP) is 5.08. The quantitative estimate of drug-likeness (QED) is 0.606. The molecule has 1 fully saturated rings. The van der Waals surface area contributed by atoms with Gasteiger partial charge in [-0.05, 0) is 25.8 Å². The minimum atomic E-state index is -1.33. The van der Waals surface area contributed by atoms with Gasteiger partial charge in [0.25, 0.3) is 0 Å². The highest BCUT2D eigenvalue weighted by Crippen LogP contribution is 2.23. The SMILES string of the molecule is CC(=NC1CCCCC1)c1ccccc1N[Si](C)(C)C. The number of aliphatic imine (C=N–C) groups is 1. The molecule has 0 saturated heterocycles. The maximum Gasteiger partial charge on any atom is 0.144 e. The molecule has 110 valence electrons. The Labute approximate surface area is 124 Å². The van der Waals surface area contributed by atoms with Crippen molar-refractivity contribution in [2.75, 3.05) is 4.98 Å². The van der Waals surface area contributed by atoms with Crippen LogP contribution < -0.4 is 4.98 Å². The molecule has 0 spiro atoms. The lowest BCUT2D eigenvalue weighted by molar-refractivity contribution is 0.443. The summed E-state index contributed by atoms with van der Waals surface area (Å²) in [6.07, 6.45) is 6.60. The Bertz CT molecular complexity index is 468. The van der Waals surface area contributed by atoms with E-state index >= 15 is 0 Å². The summed E-state index contributed by atoms with van der Waals surface area (Å²) in [5.74, 6) is 0. The van der Waals surface area contributed by atoms with Gasteiger partial charge in [0, 0.05) is 17.0 Å². The van der Waals surface area contributed by atoms with Crippen molar-refractivity contribution in [3.05, 3.63) is 29.8 Å². The summed E-state index contributed by atoms with van der Waals surface area (Å²) in [7, 11) is -1.33. The van der Waals surface area contributed by atoms with Crippen LogP contribution in [0.1, 0.15) is 44.6 Å². The monoisotopic (exact) mass is 288 g/mol. The third kappa shape index (κ3) is 4.48. The number of nitrogens with one attached hydrogen (secondary N) is 1. The summed E-state index contributed by atoms with van der Waals surface area (Å²) in [6, 6.07) is 9.16. The minimum Gasteiger partial charge on any atom is -0.410 e. The second-order valence-electron chi connectivity index (χ2n) is 6.93. The maximum atomic E-state index is 4.99. The summed E-state index contributed by atoms with van der Waals surface area (Å²) < 4.78 is 0. The molecule has 1 N–H and O–H groups in total. The second-order valence-corrected chi connectivity index (χ2v) is 11.7. The third-order valence-corrected chi connectivity index (χ3v) is 4.80. The molecule has 20 heavy (non-hydrogen) atoms. The van der Waals surface area contributed by atoms with Crippen molar-refractivity contribution >= 4 is 19.6 Å². The van der Waals surface area contributed by atoms with E-state index in [-0.39, 0.29) is 0 Å². The van der Waals surface area contributed by atoms with Gasteiger partial charge in [0.1, 0.15) is 8.24 Å². The lowest BCUT2D eigenvalue weighted by Crippen LogP contribution is -2.33. The second kappa shape index (κ2) is 6.57. The molecule has 1 aliphatic carbocycles. The molecule has 0 aliphatic heterocycles. The third-order valence-electron chi connectivity index (χ3n) is 3.78. The normalized spacial score (nSPS) is 18.1. The summed E-state index contributed by atoms with van der Waals surface area (Å²) >= 11 is 0. The van der Waals surface area contributed by atoms with Crippen LogP contribution in [0.15, 0.2) is 29.3 Å². The average molecular weight is 289 g/mol. The lowest BCUT2D eigenvalue weighted by atomic mass is 9.95. The van der Waals surface area contributed by atoms with Crippen LogP contribution in [0.5, 0.6) is 0 Å². The van der Waals surface area contributed by atoms with E-state index in [1.165, 1.54) is 49.1 Å². The molecule has 1 aromatic carbocycles. The number of hydrogen-bond acceptors (Lipinski definition) is 2. The summed E-state index contributed by atoms with van der Waals surface area (Å²) in [5.41, 5.74) is 3.72. The van der Waals surface area contributed by atoms with Crippen LogP contribution in [0.25, 0.3) is 0 Å². The molecule has 1 aromatic rings. The molecule has 2 rings (SSSR count). The molecule has 1 aliphatic rings. The zero-order chi connectivity index (χ0) is 14.6. The topological polar surface area (TPSA) is 24.4 Å². The fraction of sp³-hybridized carbons (Fsp3) is 0.588. The van der Waals surface area contributed by atoms with E-state index in [1.807, 2.05) is 0 Å². The van der Waals surface area contributed by atoms with Crippen molar-refractivity contribution in [1.29, 1.82) is 0 Å². The number of para-hydroxylation sites is 1. The first-order chi connectivity index (χ1) is 9.46. The molecule has 0 amide bonds. The van der Waals surface area contributed by atoms with Gasteiger partial charge in [0.2, 0.25) is 0 Å². The van der Waals surface area contributed by atoms with Crippen LogP contribution in [0.4, 0.5) is 5.69 Å². The van der Waals surface area contributed by atoms with E-state index < -0.39 is 8.24 Å². The van der Waals surface area contributed by atoms with Crippen molar-refractivity contribution in [2.24, 2.45) is 4.99 Å². The Balaban J connectivity index is 2.20. The molecule has 0 unspecified atom stereocenters. The van der Waals surface area contributed by atoms with E-state index in [4.69, 9.17) is 4.99 Å². The van der Waals surface area contributed by atoms with Gasteiger partial charge in [-0.25, -0.2) is 0 Å². The summed E-state index contributed by atoms with van der Waals surface area (Å²) in [4.78, 5) is 8.71. The van der Waals surface area contributed by atoms with Crippen LogP contribution in [-0.4, -0.2) is 20.0 Å². The predicted molar refractivity (Wildman–Crippen MR) is 92.5 cm³/mol. The van der Waals surface area contributed by atoms with Gasteiger partial charge < -0.3 is 4.98 Å². The van der Waals surface area contributed by atoms with E-state index in [9.17, 15) is 0 Å². The van der Waals surface area contributed by atoms with Crippen molar-refractivity contribution in [3.8, 4) is 0 Å². The van der Waals surface area contributed by atoms with Crippen molar-refractivity contribution < 1.29 is 0 Å². The van der Waals surface area contributed by atoms with Crippen LogP contribution in [0.3, 0.4) is 0 Å². The highest BCUT2D eigenvalue weighted by Gasteiger charge is 2.17. The first kappa shape index (κ1) is 15.3. The summed E-state index contributed by atoms with van der Waals surface area (Å²) in [5, 5.41) is 0. The zero-order valence-corrected chi connectivity index (χ0v) is 14.4.